The summed E-state index contributed by atoms with van der Waals surface area (Å²) in [5, 5.41) is 1.10. The van der Waals surface area contributed by atoms with E-state index in [2.05, 4.69) is 37.6 Å². The molecule has 5 heterocycles. The van der Waals surface area contributed by atoms with Crippen LogP contribution in [0.4, 0.5) is 5.95 Å². The Hall–Kier alpha value is -3.02. The molecular weight excluding hydrogens is 324 g/mol. The van der Waals surface area contributed by atoms with Crippen LogP contribution in [0, 0.1) is 0 Å². The minimum absolute atomic E-state index is 0.477. The normalized spacial score (nSPS) is 15.8. The molecule has 4 aromatic rings. The molecule has 0 spiro atoms. The largest absolute Gasteiger partial charge is 0.342 e. The second kappa shape index (κ2) is 6.05. The molecule has 26 heavy (non-hydrogen) atoms. The van der Waals surface area contributed by atoms with Crippen LogP contribution in [0.15, 0.2) is 48.8 Å². The molecule has 6 nitrogen and oxygen atoms in total. The molecule has 0 N–H and O–H groups in total. The van der Waals surface area contributed by atoms with Crippen molar-refractivity contribution >= 4 is 28.1 Å². The summed E-state index contributed by atoms with van der Waals surface area (Å²) in [4.78, 5) is 20.8. The minimum Gasteiger partial charge on any atom is -0.342 e. The second-order valence-electron chi connectivity index (χ2n) is 6.86. The third-order valence-electron chi connectivity index (χ3n) is 5.29. The Morgan fingerprint density at radius 1 is 0.923 bits per heavy atom. The van der Waals surface area contributed by atoms with E-state index in [1.54, 1.807) is 0 Å². The number of piperidine rings is 1. The van der Waals surface area contributed by atoms with E-state index in [0.717, 1.165) is 59.8 Å². The summed E-state index contributed by atoms with van der Waals surface area (Å²) in [5.41, 5.74) is 3.89. The van der Waals surface area contributed by atoms with Crippen LogP contribution in [0.25, 0.3) is 22.2 Å². The predicted molar refractivity (Wildman–Crippen MR) is 102 cm³/mol. The lowest BCUT2D eigenvalue weighted by Crippen LogP contribution is -2.34. The molecule has 1 saturated heterocycles. The Labute approximate surface area is 151 Å². The highest BCUT2D eigenvalue weighted by atomic mass is 15.3. The second-order valence-corrected chi connectivity index (χ2v) is 6.86. The van der Waals surface area contributed by atoms with E-state index in [4.69, 9.17) is 9.97 Å². The number of nitrogens with zero attached hydrogens (tertiary/aromatic N) is 6. The van der Waals surface area contributed by atoms with Gasteiger partial charge in [0.05, 0.1) is 0 Å². The summed E-state index contributed by atoms with van der Waals surface area (Å²) in [6, 6.07) is 12.3. The quantitative estimate of drug-likeness (QED) is 0.558. The molecular formula is C20H20N6. The molecule has 5 rings (SSSR count). The number of rotatable bonds is 2. The van der Waals surface area contributed by atoms with Gasteiger partial charge in [0.15, 0.2) is 11.3 Å². The number of hydrogen-bond donors (Lipinski definition) is 0. The standard InChI is InChI=1S/C20H20N6/c1-25-19-17(5-3-11-22-19)24-20(25)26-12-8-14(9-13-26)16-7-6-15-4-2-10-21-18(15)23-16/h2-7,10-11,14H,8-9,12-13H2,1H3. The lowest BCUT2D eigenvalue weighted by molar-refractivity contribution is 0.489. The smallest absolute Gasteiger partial charge is 0.207 e. The van der Waals surface area contributed by atoms with Crippen LogP contribution < -0.4 is 4.90 Å². The Bertz CT molecular complexity index is 1080. The van der Waals surface area contributed by atoms with E-state index in [0.29, 0.717) is 5.92 Å². The molecule has 6 heteroatoms. The number of fused-ring (bicyclic) bond motifs is 2. The molecule has 0 saturated carbocycles. The van der Waals surface area contributed by atoms with Gasteiger partial charge in [-0.25, -0.2) is 19.9 Å². The fourth-order valence-corrected chi connectivity index (χ4v) is 3.86. The molecule has 4 aromatic heterocycles. The Morgan fingerprint density at radius 3 is 2.58 bits per heavy atom. The first-order chi connectivity index (χ1) is 12.8. The van der Waals surface area contributed by atoms with E-state index in [1.807, 2.05) is 37.6 Å². The fourth-order valence-electron chi connectivity index (χ4n) is 3.86. The highest BCUT2D eigenvalue weighted by Crippen LogP contribution is 2.30. The summed E-state index contributed by atoms with van der Waals surface area (Å²) < 4.78 is 2.09. The van der Waals surface area contributed by atoms with Crippen molar-refractivity contribution in [3.63, 3.8) is 0 Å². The average Bonchev–Trinajstić information content (AvgIpc) is 3.05. The zero-order valence-corrected chi connectivity index (χ0v) is 14.7. The first-order valence-electron chi connectivity index (χ1n) is 9.04. The molecule has 0 atom stereocenters. The van der Waals surface area contributed by atoms with E-state index in [9.17, 15) is 0 Å². The summed E-state index contributed by atoms with van der Waals surface area (Å²) in [6.07, 6.45) is 5.77. The Kier molecular flexibility index (Phi) is 3.55. The molecule has 130 valence electrons. The zero-order chi connectivity index (χ0) is 17.5. The molecule has 0 radical (unpaired) electrons. The van der Waals surface area contributed by atoms with E-state index < -0.39 is 0 Å². The number of aromatic nitrogens is 5. The lowest BCUT2D eigenvalue weighted by atomic mass is 9.93. The van der Waals surface area contributed by atoms with Gasteiger partial charge in [0.1, 0.15) is 5.52 Å². The molecule has 0 amide bonds. The third-order valence-corrected chi connectivity index (χ3v) is 5.29. The molecule has 1 aliphatic rings. The molecule has 1 aliphatic heterocycles. The van der Waals surface area contributed by atoms with E-state index in [-0.39, 0.29) is 0 Å². The average molecular weight is 344 g/mol. The zero-order valence-electron chi connectivity index (χ0n) is 14.7. The topological polar surface area (TPSA) is 59.7 Å². The lowest BCUT2D eigenvalue weighted by Gasteiger charge is -2.32. The highest BCUT2D eigenvalue weighted by Gasteiger charge is 2.25. The van der Waals surface area contributed by atoms with E-state index >= 15 is 0 Å². The summed E-state index contributed by atoms with van der Waals surface area (Å²) in [7, 11) is 2.04. The van der Waals surface area contributed by atoms with Gasteiger partial charge in [-0.3, -0.25) is 4.57 Å². The molecule has 0 aromatic carbocycles. The fraction of sp³-hybridized carbons (Fsp3) is 0.300. The van der Waals surface area contributed by atoms with Gasteiger partial charge >= 0.3 is 0 Å². The molecule has 1 fully saturated rings. The van der Waals surface area contributed by atoms with Gasteiger partial charge in [-0.15, -0.1) is 0 Å². The number of hydrogen-bond acceptors (Lipinski definition) is 5. The SMILES string of the molecule is Cn1c(N2CCC(c3ccc4cccnc4n3)CC2)nc2cccnc21. The van der Waals surface area contributed by atoms with Crippen molar-refractivity contribution in [3.8, 4) is 0 Å². The maximum absolute atomic E-state index is 4.79. The van der Waals surface area contributed by atoms with Crippen LogP contribution in [-0.2, 0) is 7.05 Å². The van der Waals surface area contributed by atoms with Crippen LogP contribution in [0.2, 0.25) is 0 Å². The summed E-state index contributed by atoms with van der Waals surface area (Å²) in [5.74, 6) is 1.48. The number of aryl methyl sites for hydroxylation is 1. The van der Waals surface area contributed by atoms with Gasteiger partial charge in [0.25, 0.3) is 0 Å². The van der Waals surface area contributed by atoms with Crippen LogP contribution in [0.5, 0.6) is 0 Å². The van der Waals surface area contributed by atoms with Crippen LogP contribution in [0.3, 0.4) is 0 Å². The van der Waals surface area contributed by atoms with Crippen molar-refractivity contribution in [2.75, 3.05) is 18.0 Å². The van der Waals surface area contributed by atoms with Gasteiger partial charge in [-0.2, -0.15) is 0 Å². The Morgan fingerprint density at radius 2 is 1.73 bits per heavy atom. The third kappa shape index (κ3) is 2.49. The van der Waals surface area contributed by atoms with Gasteiger partial charge in [-0.1, -0.05) is 0 Å². The predicted octanol–water partition coefficient (Wildman–Crippen LogP) is 3.30. The number of anilines is 1. The minimum atomic E-state index is 0.477. The van der Waals surface area contributed by atoms with Crippen molar-refractivity contribution in [1.29, 1.82) is 0 Å². The van der Waals surface area contributed by atoms with Crippen molar-refractivity contribution in [2.24, 2.45) is 7.05 Å². The first-order valence-corrected chi connectivity index (χ1v) is 9.04. The van der Waals surface area contributed by atoms with Crippen LogP contribution in [0.1, 0.15) is 24.5 Å². The van der Waals surface area contributed by atoms with Crippen molar-refractivity contribution < 1.29 is 0 Å². The molecule has 0 unspecified atom stereocenters. The van der Waals surface area contributed by atoms with Gasteiger partial charge in [-0.05, 0) is 49.2 Å². The summed E-state index contributed by atoms with van der Waals surface area (Å²) >= 11 is 0. The first kappa shape index (κ1) is 15.3. The van der Waals surface area contributed by atoms with Gasteiger partial charge in [0, 0.05) is 49.5 Å². The van der Waals surface area contributed by atoms with Crippen molar-refractivity contribution in [2.45, 2.75) is 18.8 Å². The number of imidazole rings is 1. The van der Waals surface area contributed by atoms with Gasteiger partial charge in [0.2, 0.25) is 5.95 Å². The van der Waals surface area contributed by atoms with Gasteiger partial charge < -0.3 is 4.90 Å². The monoisotopic (exact) mass is 344 g/mol. The van der Waals surface area contributed by atoms with Crippen LogP contribution >= 0.6 is 0 Å². The molecule has 0 bridgehead atoms. The Balaban J connectivity index is 1.37. The summed E-state index contributed by atoms with van der Waals surface area (Å²) in [6.45, 7) is 1.95. The van der Waals surface area contributed by atoms with Crippen LogP contribution in [-0.4, -0.2) is 37.6 Å². The maximum atomic E-state index is 4.79. The highest BCUT2D eigenvalue weighted by molar-refractivity contribution is 5.75. The molecule has 0 aliphatic carbocycles. The number of pyridine rings is 3. The van der Waals surface area contributed by atoms with E-state index in [1.165, 1.54) is 0 Å². The van der Waals surface area contributed by atoms with Crippen molar-refractivity contribution in [1.82, 2.24) is 24.5 Å². The van der Waals surface area contributed by atoms with Crippen molar-refractivity contribution in [3.05, 3.63) is 54.5 Å². The maximum Gasteiger partial charge on any atom is 0.207 e.